The fourth-order valence-corrected chi connectivity index (χ4v) is 5.71. The number of piperidine rings is 1. The van der Waals surface area contributed by atoms with E-state index in [9.17, 15) is 18.0 Å². The maximum absolute atomic E-state index is 13.2. The van der Waals surface area contributed by atoms with E-state index in [0.717, 1.165) is 43.4 Å². The van der Waals surface area contributed by atoms with Gasteiger partial charge in [0.2, 0.25) is 21.8 Å². The van der Waals surface area contributed by atoms with Crippen molar-refractivity contribution in [2.45, 2.75) is 56.4 Å². The highest BCUT2D eigenvalue weighted by Crippen LogP contribution is 2.32. The molecule has 1 saturated heterocycles. The Kier molecular flexibility index (Phi) is 5.18. The van der Waals surface area contributed by atoms with Crippen molar-refractivity contribution >= 4 is 27.5 Å². The molecule has 4 rings (SSSR count). The molecule has 1 N–H and O–H groups in total. The van der Waals surface area contributed by atoms with E-state index in [0.29, 0.717) is 19.5 Å². The van der Waals surface area contributed by atoms with Gasteiger partial charge in [0.05, 0.1) is 10.8 Å². The fourth-order valence-electron chi connectivity index (χ4n) is 4.13. The summed E-state index contributed by atoms with van der Waals surface area (Å²) in [6.45, 7) is 2.86. The van der Waals surface area contributed by atoms with Crippen LogP contribution >= 0.6 is 0 Å². The third kappa shape index (κ3) is 3.80. The minimum atomic E-state index is -3.66. The van der Waals surface area contributed by atoms with Crippen molar-refractivity contribution in [2.24, 2.45) is 5.92 Å². The number of carbonyl (C=O) groups excluding carboxylic acids is 2. The van der Waals surface area contributed by atoms with Gasteiger partial charge >= 0.3 is 0 Å². The average molecular weight is 406 g/mol. The van der Waals surface area contributed by atoms with Crippen LogP contribution in [-0.4, -0.2) is 50.2 Å². The number of fused-ring (bicyclic) bond motifs is 1. The average Bonchev–Trinajstić information content (AvgIpc) is 3.51. The Bertz CT molecular complexity index is 895. The monoisotopic (exact) mass is 405 g/mol. The Morgan fingerprint density at radius 3 is 2.61 bits per heavy atom. The predicted octanol–water partition coefficient (Wildman–Crippen LogP) is 1.67. The van der Waals surface area contributed by atoms with Crippen molar-refractivity contribution in [3.63, 3.8) is 0 Å². The van der Waals surface area contributed by atoms with Crippen LogP contribution in [0, 0.1) is 5.92 Å². The van der Waals surface area contributed by atoms with E-state index in [1.807, 2.05) is 0 Å². The van der Waals surface area contributed by atoms with E-state index < -0.39 is 10.0 Å². The van der Waals surface area contributed by atoms with Crippen LogP contribution < -0.4 is 10.2 Å². The molecule has 1 atom stereocenters. The van der Waals surface area contributed by atoms with Crippen molar-refractivity contribution in [1.29, 1.82) is 0 Å². The number of hydrogen-bond acceptors (Lipinski definition) is 4. The smallest absolute Gasteiger partial charge is 0.243 e. The lowest BCUT2D eigenvalue weighted by Gasteiger charge is -2.32. The molecule has 152 valence electrons. The number of aryl methyl sites for hydroxylation is 1. The Balaban J connectivity index is 1.54. The molecule has 0 spiro atoms. The highest BCUT2D eigenvalue weighted by Gasteiger charge is 2.35. The SMILES string of the molecule is CC(=O)N1CCCc2cc(S(=O)(=O)N3CCC[C@@H](C(=O)NC4CC4)C3)ccc21. The van der Waals surface area contributed by atoms with Gasteiger partial charge in [-0.1, -0.05) is 0 Å². The first kappa shape index (κ1) is 19.4. The van der Waals surface area contributed by atoms with Crippen LogP contribution in [0.1, 0.15) is 44.6 Å². The van der Waals surface area contributed by atoms with Crippen LogP contribution in [0.25, 0.3) is 0 Å². The highest BCUT2D eigenvalue weighted by molar-refractivity contribution is 7.89. The first-order chi connectivity index (χ1) is 13.4. The third-order valence-corrected chi connectivity index (χ3v) is 7.73. The molecule has 1 aliphatic carbocycles. The number of carbonyl (C=O) groups is 2. The summed E-state index contributed by atoms with van der Waals surface area (Å²) in [5.41, 5.74) is 1.69. The Morgan fingerprint density at radius 1 is 1.11 bits per heavy atom. The number of hydrogen-bond donors (Lipinski definition) is 1. The second-order valence-electron chi connectivity index (χ2n) is 8.05. The zero-order chi connectivity index (χ0) is 19.9. The molecule has 1 aromatic rings. The molecule has 0 aromatic heterocycles. The van der Waals surface area contributed by atoms with Gasteiger partial charge in [-0.05, 0) is 62.3 Å². The van der Waals surface area contributed by atoms with Crippen LogP contribution in [0.2, 0.25) is 0 Å². The van der Waals surface area contributed by atoms with Gasteiger partial charge in [0, 0.05) is 38.3 Å². The second kappa shape index (κ2) is 7.48. The number of amides is 2. The maximum atomic E-state index is 13.2. The molecule has 0 unspecified atom stereocenters. The molecule has 8 heteroatoms. The van der Waals surface area contributed by atoms with Crippen LogP contribution in [0.3, 0.4) is 0 Å². The maximum Gasteiger partial charge on any atom is 0.243 e. The Hall–Kier alpha value is -1.93. The van der Waals surface area contributed by atoms with Crippen LogP contribution in [-0.2, 0) is 26.0 Å². The number of sulfonamides is 1. The van der Waals surface area contributed by atoms with Gasteiger partial charge in [0.25, 0.3) is 0 Å². The fraction of sp³-hybridized carbons (Fsp3) is 0.600. The van der Waals surface area contributed by atoms with Crippen LogP contribution in [0.4, 0.5) is 5.69 Å². The van der Waals surface area contributed by atoms with Gasteiger partial charge in [0.1, 0.15) is 0 Å². The molecule has 2 fully saturated rings. The number of nitrogens with one attached hydrogen (secondary N) is 1. The lowest BCUT2D eigenvalue weighted by Crippen LogP contribution is -2.45. The third-order valence-electron chi connectivity index (χ3n) is 5.87. The Labute approximate surface area is 166 Å². The summed E-state index contributed by atoms with van der Waals surface area (Å²) >= 11 is 0. The molecular weight excluding hydrogens is 378 g/mol. The van der Waals surface area contributed by atoms with E-state index >= 15 is 0 Å². The summed E-state index contributed by atoms with van der Waals surface area (Å²) in [4.78, 5) is 26.2. The van der Waals surface area contributed by atoms with Crippen molar-refractivity contribution in [3.8, 4) is 0 Å². The molecule has 0 radical (unpaired) electrons. The molecule has 2 heterocycles. The quantitative estimate of drug-likeness (QED) is 0.825. The number of anilines is 1. The zero-order valence-corrected chi connectivity index (χ0v) is 17.0. The molecule has 28 heavy (non-hydrogen) atoms. The summed E-state index contributed by atoms with van der Waals surface area (Å²) in [7, 11) is -3.66. The Morgan fingerprint density at radius 2 is 1.89 bits per heavy atom. The van der Waals surface area contributed by atoms with Gasteiger partial charge in [-0.15, -0.1) is 0 Å². The number of benzene rings is 1. The topological polar surface area (TPSA) is 86.8 Å². The van der Waals surface area contributed by atoms with Gasteiger partial charge in [0.15, 0.2) is 0 Å². The second-order valence-corrected chi connectivity index (χ2v) is 9.99. The molecular formula is C20H27N3O4S. The molecule has 7 nitrogen and oxygen atoms in total. The minimum Gasteiger partial charge on any atom is -0.353 e. The van der Waals surface area contributed by atoms with Crippen LogP contribution in [0.5, 0.6) is 0 Å². The largest absolute Gasteiger partial charge is 0.353 e. The molecule has 3 aliphatic rings. The lowest BCUT2D eigenvalue weighted by molar-refractivity contribution is -0.126. The predicted molar refractivity (Wildman–Crippen MR) is 105 cm³/mol. The van der Waals surface area contributed by atoms with Crippen LogP contribution in [0.15, 0.2) is 23.1 Å². The summed E-state index contributed by atoms with van der Waals surface area (Å²) in [6, 6.07) is 5.31. The molecule has 0 bridgehead atoms. The van der Waals surface area contributed by atoms with Gasteiger partial charge in [-0.3, -0.25) is 9.59 Å². The number of nitrogens with zero attached hydrogens (tertiary/aromatic N) is 2. The van der Waals surface area contributed by atoms with Gasteiger partial charge < -0.3 is 10.2 Å². The summed E-state index contributed by atoms with van der Waals surface area (Å²) in [5, 5.41) is 2.99. The molecule has 1 saturated carbocycles. The van der Waals surface area contributed by atoms with E-state index in [2.05, 4.69) is 5.32 Å². The van der Waals surface area contributed by atoms with Gasteiger partial charge in [-0.25, -0.2) is 8.42 Å². The van der Waals surface area contributed by atoms with Crippen molar-refractivity contribution < 1.29 is 18.0 Å². The summed E-state index contributed by atoms with van der Waals surface area (Å²) < 4.78 is 27.9. The molecule has 1 aromatic carbocycles. The number of rotatable bonds is 4. The van der Waals surface area contributed by atoms with E-state index in [4.69, 9.17) is 0 Å². The van der Waals surface area contributed by atoms with E-state index in [1.54, 1.807) is 23.1 Å². The summed E-state index contributed by atoms with van der Waals surface area (Å²) in [6.07, 6.45) is 5.03. The first-order valence-corrected chi connectivity index (χ1v) is 11.5. The molecule has 2 amide bonds. The van der Waals surface area contributed by atoms with Crippen molar-refractivity contribution in [1.82, 2.24) is 9.62 Å². The molecule has 2 aliphatic heterocycles. The standard InChI is InChI=1S/C20H27N3O4S/c1-14(24)23-11-3-4-15-12-18(8-9-19(15)23)28(26,27)22-10-2-5-16(13-22)20(25)21-17-6-7-17/h8-9,12,16-17H,2-7,10-11,13H2,1H3,(H,21,25)/t16-/m1/s1. The van der Waals surface area contributed by atoms with Gasteiger partial charge in [-0.2, -0.15) is 4.31 Å². The summed E-state index contributed by atoms with van der Waals surface area (Å²) in [5.74, 6) is -0.336. The van der Waals surface area contributed by atoms with E-state index in [1.165, 1.54) is 11.2 Å². The lowest BCUT2D eigenvalue weighted by atomic mass is 9.99. The first-order valence-electron chi connectivity index (χ1n) is 10.1. The van der Waals surface area contributed by atoms with Crippen molar-refractivity contribution in [3.05, 3.63) is 23.8 Å². The highest BCUT2D eigenvalue weighted by atomic mass is 32.2. The van der Waals surface area contributed by atoms with Crippen molar-refractivity contribution in [2.75, 3.05) is 24.5 Å². The van der Waals surface area contributed by atoms with E-state index in [-0.39, 0.29) is 35.2 Å². The minimum absolute atomic E-state index is 0.0232. The zero-order valence-electron chi connectivity index (χ0n) is 16.2. The normalized spacial score (nSPS) is 23.2.